The van der Waals surface area contributed by atoms with Crippen molar-refractivity contribution in [2.75, 3.05) is 20.3 Å². The maximum Gasteiger partial charge on any atom is 0.134 e. The second-order valence-corrected chi connectivity index (χ2v) is 5.94. The molecule has 1 aliphatic heterocycles. The number of ether oxygens (including phenoxy) is 2. The second kappa shape index (κ2) is 7.58. The molecular formula is C16H20O3S. The minimum absolute atomic E-state index is 0.140. The number of thioether (sulfide) groups is 1. The highest BCUT2D eigenvalue weighted by Crippen LogP contribution is 2.30. The van der Waals surface area contributed by atoms with Crippen LogP contribution in [0.2, 0.25) is 0 Å². The molecule has 2 atom stereocenters. The molecule has 0 aromatic heterocycles. The molecule has 0 bridgehead atoms. The molecule has 1 N–H and O–H groups in total. The molecule has 20 heavy (non-hydrogen) atoms. The summed E-state index contributed by atoms with van der Waals surface area (Å²) in [6, 6.07) is 6.04. The van der Waals surface area contributed by atoms with E-state index in [-0.39, 0.29) is 6.61 Å². The van der Waals surface area contributed by atoms with Gasteiger partial charge in [-0.3, -0.25) is 0 Å². The first-order valence-electron chi connectivity index (χ1n) is 6.74. The van der Waals surface area contributed by atoms with Crippen molar-refractivity contribution in [2.45, 2.75) is 30.5 Å². The monoisotopic (exact) mass is 292 g/mol. The minimum atomic E-state index is -0.140. The Balaban J connectivity index is 2.04. The van der Waals surface area contributed by atoms with Gasteiger partial charge in [-0.15, -0.1) is 0 Å². The Morgan fingerprint density at radius 3 is 3.00 bits per heavy atom. The number of benzene rings is 1. The van der Waals surface area contributed by atoms with E-state index in [4.69, 9.17) is 14.6 Å². The highest BCUT2D eigenvalue weighted by atomic mass is 32.2. The van der Waals surface area contributed by atoms with Crippen LogP contribution in [0.15, 0.2) is 18.2 Å². The van der Waals surface area contributed by atoms with Gasteiger partial charge in [0.15, 0.2) is 0 Å². The molecule has 1 aliphatic rings. The summed E-state index contributed by atoms with van der Waals surface area (Å²) in [5.41, 5.74) is 2.05. The highest BCUT2D eigenvalue weighted by Gasteiger charge is 2.24. The van der Waals surface area contributed by atoms with Gasteiger partial charge in [-0.25, -0.2) is 0 Å². The van der Waals surface area contributed by atoms with Crippen LogP contribution in [0.5, 0.6) is 5.75 Å². The largest absolute Gasteiger partial charge is 0.495 e. The molecule has 1 aromatic carbocycles. The SMILES string of the molecule is COc1ccc(CSC2CCOC2C)cc1C#CCO. The average Bonchev–Trinajstić information content (AvgIpc) is 2.88. The molecule has 1 saturated heterocycles. The molecule has 1 heterocycles. The van der Waals surface area contributed by atoms with Gasteiger partial charge in [0.1, 0.15) is 12.4 Å². The van der Waals surface area contributed by atoms with E-state index in [1.54, 1.807) is 7.11 Å². The number of hydrogen-bond donors (Lipinski definition) is 1. The van der Waals surface area contributed by atoms with Crippen molar-refractivity contribution in [3.8, 4) is 17.6 Å². The highest BCUT2D eigenvalue weighted by molar-refractivity contribution is 7.99. The van der Waals surface area contributed by atoms with Gasteiger partial charge < -0.3 is 14.6 Å². The molecule has 0 radical (unpaired) electrons. The molecule has 108 valence electrons. The number of methoxy groups -OCH3 is 1. The lowest BCUT2D eigenvalue weighted by Crippen LogP contribution is -2.13. The second-order valence-electron chi connectivity index (χ2n) is 4.71. The quantitative estimate of drug-likeness (QED) is 0.865. The van der Waals surface area contributed by atoms with E-state index >= 15 is 0 Å². The predicted octanol–water partition coefficient (Wildman–Crippen LogP) is 2.45. The molecule has 1 fully saturated rings. The summed E-state index contributed by atoms with van der Waals surface area (Å²) in [7, 11) is 1.63. The third-order valence-corrected chi connectivity index (χ3v) is 4.88. The lowest BCUT2D eigenvalue weighted by Gasteiger charge is -2.14. The first kappa shape index (κ1) is 15.2. The van der Waals surface area contributed by atoms with Crippen molar-refractivity contribution in [1.29, 1.82) is 0 Å². The van der Waals surface area contributed by atoms with Gasteiger partial charge >= 0.3 is 0 Å². The van der Waals surface area contributed by atoms with Crippen molar-refractivity contribution in [1.82, 2.24) is 0 Å². The Morgan fingerprint density at radius 1 is 1.50 bits per heavy atom. The molecule has 2 rings (SSSR count). The van der Waals surface area contributed by atoms with Crippen molar-refractivity contribution in [2.24, 2.45) is 0 Å². The number of aliphatic hydroxyl groups excluding tert-OH is 1. The number of aliphatic hydroxyl groups is 1. The molecule has 3 nitrogen and oxygen atoms in total. The summed E-state index contributed by atoms with van der Waals surface area (Å²) in [6.45, 7) is 2.87. The van der Waals surface area contributed by atoms with Crippen molar-refractivity contribution in [3.05, 3.63) is 29.3 Å². The Hall–Kier alpha value is -1.15. The smallest absolute Gasteiger partial charge is 0.134 e. The van der Waals surface area contributed by atoms with Crippen molar-refractivity contribution in [3.63, 3.8) is 0 Å². The Kier molecular flexibility index (Phi) is 5.78. The van der Waals surface area contributed by atoms with Crippen LogP contribution in [0.1, 0.15) is 24.5 Å². The van der Waals surface area contributed by atoms with E-state index in [0.29, 0.717) is 11.4 Å². The Morgan fingerprint density at radius 2 is 2.35 bits per heavy atom. The summed E-state index contributed by atoms with van der Waals surface area (Å²) in [5, 5.41) is 9.38. The lowest BCUT2D eigenvalue weighted by molar-refractivity contribution is 0.127. The number of rotatable bonds is 4. The van der Waals surface area contributed by atoms with Crippen LogP contribution >= 0.6 is 11.8 Å². The average molecular weight is 292 g/mol. The Labute approximate surface area is 124 Å². The molecule has 4 heteroatoms. The van der Waals surface area contributed by atoms with Crippen molar-refractivity contribution >= 4 is 11.8 Å². The first-order chi connectivity index (χ1) is 9.74. The fourth-order valence-electron chi connectivity index (χ4n) is 2.21. The summed E-state index contributed by atoms with van der Waals surface area (Å²) < 4.78 is 10.9. The lowest BCUT2D eigenvalue weighted by atomic mass is 10.1. The molecule has 2 unspecified atom stereocenters. The van der Waals surface area contributed by atoms with Crippen LogP contribution in [-0.2, 0) is 10.5 Å². The standard InChI is InChI=1S/C16H20O3S/c1-12-16(7-9-19-12)20-11-13-5-6-15(18-2)14(10-13)4-3-8-17/h5-6,10,12,16-17H,7-9,11H2,1-2H3. The molecule has 0 saturated carbocycles. The van der Waals surface area contributed by atoms with Gasteiger partial charge in [0.2, 0.25) is 0 Å². The summed E-state index contributed by atoms with van der Waals surface area (Å²) in [5.74, 6) is 7.29. The fraction of sp³-hybridized carbons (Fsp3) is 0.500. The van der Waals surface area contributed by atoms with Gasteiger partial charge in [0, 0.05) is 17.6 Å². The number of hydrogen-bond acceptors (Lipinski definition) is 4. The van der Waals surface area contributed by atoms with Gasteiger partial charge in [-0.2, -0.15) is 11.8 Å². The predicted molar refractivity (Wildman–Crippen MR) is 82.1 cm³/mol. The van der Waals surface area contributed by atoms with Crippen LogP contribution in [0.3, 0.4) is 0 Å². The molecule has 1 aromatic rings. The topological polar surface area (TPSA) is 38.7 Å². The van der Waals surface area contributed by atoms with E-state index in [1.165, 1.54) is 5.56 Å². The van der Waals surface area contributed by atoms with Crippen LogP contribution in [0.25, 0.3) is 0 Å². The van der Waals surface area contributed by atoms with Crippen LogP contribution < -0.4 is 4.74 Å². The molecule has 0 spiro atoms. The summed E-state index contributed by atoms with van der Waals surface area (Å²) in [4.78, 5) is 0. The zero-order chi connectivity index (χ0) is 14.4. The van der Waals surface area contributed by atoms with E-state index in [0.717, 1.165) is 30.1 Å². The Bertz CT molecular complexity index is 504. The van der Waals surface area contributed by atoms with Gasteiger partial charge in [0.05, 0.1) is 18.8 Å². The first-order valence-corrected chi connectivity index (χ1v) is 7.79. The maximum absolute atomic E-state index is 8.80. The summed E-state index contributed by atoms with van der Waals surface area (Å²) in [6.07, 6.45) is 1.46. The van der Waals surface area contributed by atoms with E-state index in [2.05, 4.69) is 24.8 Å². The summed E-state index contributed by atoms with van der Waals surface area (Å²) >= 11 is 1.93. The fourth-order valence-corrected chi connectivity index (χ4v) is 3.41. The van der Waals surface area contributed by atoms with Crippen LogP contribution in [0.4, 0.5) is 0 Å². The zero-order valence-electron chi connectivity index (χ0n) is 11.9. The van der Waals surface area contributed by atoms with Crippen LogP contribution in [-0.4, -0.2) is 36.8 Å². The van der Waals surface area contributed by atoms with Gasteiger partial charge in [-0.05, 0) is 31.0 Å². The van der Waals surface area contributed by atoms with Gasteiger partial charge in [0.25, 0.3) is 0 Å². The minimum Gasteiger partial charge on any atom is -0.495 e. The zero-order valence-corrected chi connectivity index (χ0v) is 12.7. The molecular weight excluding hydrogens is 272 g/mol. The van der Waals surface area contributed by atoms with E-state index in [9.17, 15) is 0 Å². The van der Waals surface area contributed by atoms with E-state index < -0.39 is 0 Å². The van der Waals surface area contributed by atoms with Crippen molar-refractivity contribution < 1.29 is 14.6 Å². The molecule has 0 aliphatic carbocycles. The third kappa shape index (κ3) is 3.92. The normalized spacial score (nSPS) is 21.4. The van der Waals surface area contributed by atoms with E-state index in [1.807, 2.05) is 23.9 Å². The third-order valence-electron chi connectivity index (χ3n) is 3.34. The van der Waals surface area contributed by atoms with Gasteiger partial charge in [-0.1, -0.05) is 17.9 Å². The van der Waals surface area contributed by atoms with Crippen LogP contribution in [0, 0.1) is 11.8 Å². The molecule has 0 amide bonds. The maximum atomic E-state index is 8.80.